The van der Waals surface area contributed by atoms with Gasteiger partial charge in [0.15, 0.2) is 0 Å². The number of nitro benzene ring substituents is 2. The summed E-state index contributed by atoms with van der Waals surface area (Å²) in [4.78, 5) is 62.3. The molecule has 0 bridgehead atoms. The zero-order chi connectivity index (χ0) is 22.8. The van der Waals surface area contributed by atoms with E-state index in [1.165, 1.54) is 24.3 Å². The van der Waals surface area contributed by atoms with Crippen LogP contribution >= 0.6 is 0 Å². The van der Waals surface area contributed by atoms with Gasteiger partial charge in [0.1, 0.15) is 0 Å². The maximum absolute atomic E-state index is 11.7. The fourth-order valence-electron chi connectivity index (χ4n) is 1.67. The molecule has 0 saturated heterocycles. The number of carboxylic acids is 1. The lowest BCUT2D eigenvalue weighted by Crippen LogP contribution is -2.26. The molecule has 156 valence electrons. The van der Waals surface area contributed by atoms with E-state index >= 15 is 0 Å². The molecule has 0 aliphatic rings. The highest BCUT2D eigenvalue weighted by molar-refractivity contribution is 6.31. The average molecular weight is 420 g/mol. The van der Waals surface area contributed by atoms with Gasteiger partial charge in [-0.15, -0.1) is 0 Å². The third-order valence-electron chi connectivity index (χ3n) is 3.00. The molecule has 0 aromatic heterocycles. The SMILES string of the molecule is CC(=O)C(=O)O.O=C(Oc1ccccc1[N+](=O)[O-])C(=O)Oc1ccccc1[N+](=O)[O-]. The van der Waals surface area contributed by atoms with Crippen LogP contribution in [0.25, 0.3) is 0 Å². The number of esters is 2. The minimum atomic E-state index is -1.55. The molecule has 0 saturated carbocycles. The van der Waals surface area contributed by atoms with Crippen LogP contribution in [0.5, 0.6) is 11.5 Å². The molecular weight excluding hydrogens is 408 g/mol. The van der Waals surface area contributed by atoms with E-state index in [1.807, 2.05) is 0 Å². The topological polar surface area (TPSA) is 193 Å². The van der Waals surface area contributed by atoms with Gasteiger partial charge in [0, 0.05) is 19.1 Å². The van der Waals surface area contributed by atoms with Gasteiger partial charge in [-0.3, -0.25) is 25.0 Å². The van der Waals surface area contributed by atoms with Crippen molar-refractivity contribution in [2.24, 2.45) is 0 Å². The molecule has 13 heteroatoms. The van der Waals surface area contributed by atoms with Gasteiger partial charge in [-0.2, -0.15) is 0 Å². The second-order valence-corrected chi connectivity index (χ2v) is 5.09. The van der Waals surface area contributed by atoms with Crippen LogP contribution < -0.4 is 9.47 Å². The van der Waals surface area contributed by atoms with Gasteiger partial charge in [-0.1, -0.05) is 24.3 Å². The average Bonchev–Trinajstić information content (AvgIpc) is 2.68. The zero-order valence-corrected chi connectivity index (χ0v) is 15.0. The Morgan fingerprint density at radius 2 is 1.07 bits per heavy atom. The first-order valence-corrected chi connectivity index (χ1v) is 7.69. The number of ketones is 1. The van der Waals surface area contributed by atoms with Crippen molar-refractivity contribution in [2.45, 2.75) is 6.92 Å². The summed E-state index contributed by atoms with van der Waals surface area (Å²) in [5.41, 5.74) is -1.05. The molecule has 13 nitrogen and oxygen atoms in total. The normalized spacial score (nSPS) is 9.37. The van der Waals surface area contributed by atoms with Crippen LogP contribution in [0.3, 0.4) is 0 Å². The van der Waals surface area contributed by atoms with E-state index in [9.17, 15) is 39.4 Å². The van der Waals surface area contributed by atoms with Crippen LogP contribution in [0, 0.1) is 20.2 Å². The maximum atomic E-state index is 11.7. The van der Waals surface area contributed by atoms with Crippen LogP contribution in [0.1, 0.15) is 6.92 Å². The fourth-order valence-corrected chi connectivity index (χ4v) is 1.67. The van der Waals surface area contributed by atoms with Crippen molar-refractivity contribution in [1.29, 1.82) is 0 Å². The number of hydrogen-bond acceptors (Lipinski definition) is 10. The number of carbonyl (C=O) groups is 4. The lowest BCUT2D eigenvalue weighted by atomic mass is 10.3. The molecular formula is C17H12N2O11. The highest BCUT2D eigenvalue weighted by atomic mass is 16.6. The number of benzene rings is 2. The van der Waals surface area contributed by atoms with Crippen molar-refractivity contribution in [2.75, 3.05) is 0 Å². The Morgan fingerprint density at radius 1 is 0.767 bits per heavy atom. The van der Waals surface area contributed by atoms with Crippen LogP contribution in [0.15, 0.2) is 48.5 Å². The smallest absolute Gasteiger partial charge is 0.423 e. The molecule has 30 heavy (non-hydrogen) atoms. The van der Waals surface area contributed by atoms with Crippen molar-refractivity contribution in [3.05, 3.63) is 68.8 Å². The number of ether oxygens (including phenoxy) is 2. The molecule has 0 amide bonds. The van der Waals surface area contributed by atoms with Crippen molar-refractivity contribution >= 4 is 35.1 Å². The lowest BCUT2D eigenvalue weighted by molar-refractivity contribution is -0.385. The van der Waals surface area contributed by atoms with Crippen molar-refractivity contribution in [1.82, 2.24) is 0 Å². The first-order valence-electron chi connectivity index (χ1n) is 7.69. The van der Waals surface area contributed by atoms with E-state index in [0.29, 0.717) is 0 Å². The summed E-state index contributed by atoms with van der Waals surface area (Å²) >= 11 is 0. The summed E-state index contributed by atoms with van der Waals surface area (Å²) in [6.07, 6.45) is 0. The van der Waals surface area contributed by atoms with Gasteiger partial charge >= 0.3 is 29.3 Å². The Balaban J connectivity index is 0.000000656. The quantitative estimate of drug-likeness (QED) is 0.243. The van der Waals surface area contributed by atoms with Crippen molar-refractivity contribution in [3.63, 3.8) is 0 Å². The number of nitrogens with zero attached hydrogens (tertiary/aromatic N) is 2. The van der Waals surface area contributed by atoms with Gasteiger partial charge in [-0.25, -0.2) is 14.4 Å². The number of para-hydroxylation sites is 4. The monoisotopic (exact) mass is 420 g/mol. The largest absolute Gasteiger partial charge is 0.476 e. The first-order chi connectivity index (χ1) is 14.0. The van der Waals surface area contributed by atoms with Crippen LogP contribution in [0.4, 0.5) is 11.4 Å². The van der Waals surface area contributed by atoms with E-state index in [-0.39, 0.29) is 0 Å². The Kier molecular flexibility index (Phi) is 8.26. The second kappa shape index (κ2) is 10.6. The van der Waals surface area contributed by atoms with E-state index in [1.54, 1.807) is 0 Å². The fraction of sp³-hybridized carbons (Fsp3) is 0.0588. The minimum absolute atomic E-state index is 0.452. The van der Waals surface area contributed by atoms with Crippen molar-refractivity contribution in [3.8, 4) is 11.5 Å². The highest BCUT2D eigenvalue weighted by Crippen LogP contribution is 2.27. The summed E-state index contributed by atoms with van der Waals surface area (Å²) in [6.45, 7) is 1.00. The molecule has 2 aromatic carbocycles. The number of aliphatic carboxylic acids is 1. The second-order valence-electron chi connectivity index (χ2n) is 5.09. The van der Waals surface area contributed by atoms with Gasteiger partial charge in [-0.05, 0) is 12.1 Å². The summed E-state index contributed by atoms with van der Waals surface area (Å²) in [5, 5.41) is 29.3. The highest BCUT2D eigenvalue weighted by Gasteiger charge is 2.26. The predicted molar refractivity (Wildman–Crippen MR) is 95.8 cm³/mol. The number of Topliss-reactive ketones (excluding diaryl/α,β-unsaturated/α-hetero) is 1. The standard InChI is InChI=1S/C14H8N2O8.C3H4O3/c17-13(23-11-7-3-1-5-9(11)15(19)20)14(18)24-12-8-4-2-6-10(12)16(21)22;1-2(4)3(5)6/h1-8H;1H3,(H,5,6). The zero-order valence-electron chi connectivity index (χ0n) is 15.0. The number of nitro groups is 2. The summed E-state index contributed by atoms with van der Waals surface area (Å²) in [6, 6.07) is 9.82. The van der Waals surface area contributed by atoms with Gasteiger partial charge < -0.3 is 14.6 Å². The van der Waals surface area contributed by atoms with Crippen LogP contribution in [-0.4, -0.2) is 38.6 Å². The van der Waals surface area contributed by atoms with Crippen LogP contribution in [0.2, 0.25) is 0 Å². The van der Waals surface area contributed by atoms with Crippen molar-refractivity contribution < 1.29 is 43.6 Å². The summed E-state index contributed by atoms with van der Waals surface area (Å²) in [5.74, 6) is -6.21. The van der Waals surface area contributed by atoms with E-state index < -0.39 is 56.4 Å². The number of hydrogen-bond donors (Lipinski definition) is 1. The Morgan fingerprint density at radius 3 is 1.33 bits per heavy atom. The molecule has 2 aromatic rings. The predicted octanol–water partition coefficient (Wildman–Crippen LogP) is 1.67. The van der Waals surface area contributed by atoms with Crippen LogP contribution in [-0.2, 0) is 19.2 Å². The first kappa shape index (κ1) is 23.4. The molecule has 0 aliphatic heterocycles. The molecule has 0 spiro atoms. The number of carbonyl (C=O) groups excluding carboxylic acids is 3. The van der Waals surface area contributed by atoms with Gasteiger partial charge in [0.25, 0.3) is 0 Å². The number of carboxylic acid groups (broad SMARTS) is 1. The molecule has 0 radical (unpaired) electrons. The molecule has 0 atom stereocenters. The third kappa shape index (κ3) is 6.80. The van der Waals surface area contributed by atoms with E-state index in [4.69, 9.17) is 5.11 Å². The number of rotatable bonds is 5. The molecule has 2 rings (SSSR count). The summed E-state index contributed by atoms with van der Waals surface area (Å²) in [7, 11) is 0. The Labute approximate surface area is 166 Å². The van der Waals surface area contributed by atoms with Gasteiger partial charge in [0.05, 0.1) is 9.85 Å². The summed E-state index contributed by atoms with van der Waals surface area (Å²) < 4.78 is 9.23. The minimum Gasteiger partial charge on any atom is -0.476 e. The molecule has 0 unspecified atom stereocenters. The lowest BCUT2D eigenvalue weighted by Gasteiger charge is -2.05. The Hall–Kier alpha value is -4.68. The molecule has 0 fully saturated rings. The maximum Gasteiger partial charge on any atom is 0.423 e. The Bertz CT molecular complexity index is 935. The molecule has 0 heterocycles. The molecule has 0 aliphatic carbocycles. The third-order valence-corrected chi connectivity index (χ3v) is 3.00. The van der Waals surface area contributed by atoms with Gasteiger partial charge in [0.2, 0.25) is 17.3 Å². The van der Waals surface area contributed by atoms with E-state index in [0.717, 1.165) is 31.2 Å². The van der Waals surface area contributed by atoms with E-state index in [2.05, 4.69) is 9.47 Å². The molecule has 1 N–H and O–H groups in total.